The van der Waals surface area contributed by atoms with Crippen LogP contribution >= 0.6 is 0 Å². The molecule has 2 heterocycles. The Labute approximate surface area is 123 Å². The number of hydrogen-bond donors (Lipinski definition) is 0. The molecule has 1 radical (unpaired) electrons. The highest BCUT2D eigenvalue weighted by Gasteiger charge is 2.13. The molecule has 1 aliphatic rings. The Morgan fingerprint density at radius 2 is 1.86 bits per heavy atom. The van der Waals surface area contributed by atoms with Crippen molar-refractivity contribution in [1.82, 2.24) is 4.57 Å². The predicted octanol–water partition coefficient (Wildman–Crippen LogP) is 3.73. The second kappa shape index (κ2) is 5.02. The number of aromatic nitrogens is 1. The van der Waals surface area contributed by atoms with E-state index in [0.29, 0.717) is 6.79 Å². The average molecular weight is 276 g/mol. The van der Waals surface area contributed by atoms with Gasteiger partial charge in [0, 0.05) is 24.5 Å². The standard InChI is InChI=1S/C18H14NO2/c1-2-5-15(6-3-1)16-7-4-10-19(16)12-14-8-9-17-18(11-14)21-13-20-17/h1-3,5-11H,12-13H2. The lowest BCUT2D eigenvalue weighted by Crippen LogP contribution is -2.00. The quantitative estimate of drug-likeness (QED) is 0.727. The molecule has 21 heavy (non-hydrogen) atoms. The summed E-state index contributed by atoms with van der Waals surface area (Å²) in [4.78, 5) is 0. The molecular formula is C18H14NO2. The summed E-state index contributed by atoms with van der Waals surface area (Å²) in [5.74, 6) is 1.64. The summed E-state index contributed by atoms with van der Waals surface area (Å²) in [5, 5.41) is 0. The van der Waals surface area contributed by atoms with E-state index >= 15 is 0 Å². The van der Waals surface area contributed by atoms with Crippen molar-refractivity contribution in [3.63, 3.8) is 0 Å². The largest absolute Gasteiger partial charge is 0.454 e. The Bertz CT molecular complexity index is 762. The van der Waals surface area contributed by atoms with Crippen LogP contribution in [0.3, 0.4) is 0 Å². The Morgan fingerprint density at radius 1 is 1.00 bits per heavy atom. The second-order valence-electron chi connectivity index (χ2n) is 5.01. The molecule has 0 bridgehead atoms. The lowest BCUT2D eigenvalue weighted by atomic mass is 10.1. The first-order valence-electron chi connectivity index (χ1n) is 6.90. The molecule has 0 aliphatic carbocycles. The number of nitrogens with zero attached hydrogens (tertiary/aromatic N) is 1. The van der Waals surface area contributed by atoms with Gasteiger partial charge in [0.25, 0.3) is 0 Å². The maximum atomic E-state index is 5.43. The SMILES string of the molecule is [c]1cc(-c2ccccc2)n(Cc2ccc3c(c2)OCO3)c1. The molecule has 1 aliphatic heterocycles. The van der Waals surface area contributed by atoms with Crippen LogP contribution < -0.4 is 9.47 Å². The van der Waals surface area contributed by atoms with E-state index in [4.69, 9.17) is 9.47 Å². The fourth-order valence-corrected chi connectivity index (χ4v) is 2.58. The Morgan fingerprint density at radius 3 is 2.76 bits per heavy atom. The summed E-state index contributed by atoms with van der Waals surface area (Å²) < 4.78 is 13.0. The van der Waals surface area contributed by atoms with E-state index in [1.165, 1.54) is 11.1 Å². The first kappa shape index (κ1) is 12.1. The highest BCUT2D eigenvalue weighted by atomic mass is 16.7. The van der Waals surface area contributed by atoms with Gasteiger partial charge in [0.05, 0.1) is 0 Å². The summed E-state index contributed by atoms with van der Waals surface area (Å²) in [7, 11) is 0. The summed E-state index contributed by atoms with van der Waals surface area (Å²) >= 11 is 0. The van der Waals surface area contributed by atoms with Crippen molar-refractivity contribution in [2.75, 3.05) is 6.79 Å². The van der Waals surface area contributed by atoms with E-state index in [1.54, 1.807) is 0 Å². The molecule has 3 heteroatoms. The summed E-state index contributed by atoms with van der Waals surface area (Å²) in [6, 6.07) is 21.6. The third kappa shape index (κ3) is 2.27. The zero-order valence-electron chi connectivity index (χ0n) is 11.5. The Kier molecular flexibility index (Phi) is 2.89. The van der Waals surface area contributed by atoms with Crippen LogP contribution in [0.15, 0.2) is 60.8 Å². The van der Waals surface area contributed by atoms with Crippen molar-refractivity contribution < 1.29 is 9.47 Å². The third-order valence-electron chi connectivity index (χ3n) is 3.62. The molecule has 1 aromatic heterocycles. The van der Waals surface area contributed by atoms with Gasteiger partial charge in [0.15, 0.2) is 11.5 Å². The van der Waals surface area contributed by atoms with Gasteiger partial charge in [-0.1, -0.05) is 36.4 Å². The topological polar surface area (TPSA) is 23.4 Å². The zero-order chi connectivity index (χ0) is 14.1. The normalized spacial score (nSPS) is 12.6. The summed E-state index contributed by atoms with van der Waals surface area (Å²) in [5.41, 5.74) is 3.54. The van der Waals surface area contributed by atoms with Crippen LogP contribution in [0.2, 0.25) is 0 Å². The molecule has 0 unspecified atom stereocenters. The molecule has 0 saturated heterocycles. The van der Waals surface area contributed by atoms with Crippen LogP contribution in [0.25, 0.3) is 11.3 Å². The minimum Gasteiger partial charge on any atom is -0.454 e. The molecule has 0 N–H and O–H groups in total. The number of fused-ring (bicyclic) bond motifs is 1. The molecule has 0 atom stereocenters. The van der Waals surface area contributed by atoms with E-state index in [2.05, 4.69) is 28.8 Å². The van der Waals surface area contributed by atoms with Crippen LogP contribution in [0.5, 0.6) is 11.5 Å². The maximum absolute atomic E-state index is 5.43. The van der Waals surface area contributed by atoms with Crippen molar-refractivity contribution >= 4 is 0 Å². The molecule has 3 nitrogen and oxygen atoms in total. The van der Waals surface area contributed by atoms with Crippen LogP contribution in [-0.2, 0) is 6.54 Å². The van der Waals surface area contributed by atoms with E-state index in [-0.39, 0.29) is 0 Å². The Balaban J connectivity index is 1.65. The average Bonchev–Trinajstić information content (AvgIpc) is 3.16. The van der Waals surface area contributed by atoms with Crippen LogP contribution in [0, 0.1) is 6.07 Å². The van der Waals surface area contributed by atoms with Gasteiger partial charge in [-0.3, -0.25) is 0 Å². The second-order valence-corrected chi connectivity index (χ2v) is 5.01. The number of ether oxygens (including phenoxy) is 2. The first-order chi connectivity index (χ1) is 10.4. The maximum Gasteiger partial charge on any atom is 0.231 e. The first-order valence-corrected chi connectivity index (χ1v) is 6.90. The van der Waals surface area contributed by atoms with Gasteiger partial charge in [-0.25, -0.2) is 0 Å². The van der Waals surface area contributed by atoms with Gasteiger partial charge in [0.2, 0.25) is 6.79 Å². The van der Waals surface area contributed by atoms with Gasteiger partial charge in [-0.2, -0.15) is 0 Å². The predicted molar refractivity (Wildman–Crippen MR) is 80.4 cm³/mol. The molecular weight excluding hydrogens is 262 g/mol. The van der Waals surface area contributed by atoms with Crippen molar-refractivity contribution in [2.24, 2.45) is 0 Å². The van der Waals surface area contributed by atoms with Crippen LogP contribution in [0.1, 0.15) is 5.56 Å². The highest BCUT2D eigenvalue weighted by molar-refractivity contribution is 5.60. The molecule has 2 aromatic carbocycles. The summed E-state index contributed by atoms with van der Waals surface area (Å²) in [6.45, 7) is 1.09. The monoisotopic (exact) mass is 276 g/mol. The molecule has 103 valence electrons. The molecule has 0 spiro atoms. The van der Waals surface area contributed by atoms with E-state index in [9.17, 15) is 0 Å². The fraction of sp³-hybridized carbons (Fsp3) is 0.111. The fourth-order valence-electron chi connectivity index (χ4n) is 2.58. The van der Waals surface area contributed by atoms with Crippen LogP contribution in [0.4, 0.5) is 0 Å². The van der Waals surface area contributed by atoms with Gasteiger partial charge < -0.3 is 14.0 Å². The lowest BCUT2D eigenvalue weighted by molar-refractivity contribution is 0.174. The van der Waals surface area contributed by atoms with Gasteiger partial charge in [0.1, 0.15) is 0 Å². The molecule has 4 rings (SSSR count). The molecule has 0 saturated carbocycles. The van der Waals surface area contributed by atoms with Gasteiger partial charge >= 0.3 is 0 Å². The third-order valence-corrected chi connectivity index (χ3v) is 3.62. The molecule has 3 aromatic rings. The smallest absolute Gasteiger partial charge is 0.231 e. The highest BCUT2D eigenvalue weighted by Crippen LogP contribution is 2.33. The number of hydrogen-bond acceptors (Lipinski definition) is 2. The number of benzene rings is 2. The molecule has 0 fully saturated rings. The van der Waals surface area contributed by atoms with E-state index in [0.717, 1.165) is 23.7 Å². The van der Waals surface area contributed by atoms with Gasteiger partial charge in [-0.15, -0.1) is 0 Å². The summed E-state index contributed by atoms with van der Waals surface area (Å²) in [6.07, 6.45) is 1.98. The molecule has 0 amide bonds. The van der Waals surface area contributed by atoms with E-state index in [1.807, 2.05) is 42.6 Å². The van der Waals surface area contributed by atoms with Crippen molar-refractivity contribution in [1.29, 1.82) is 0 Å². The minimum atomic E-state index is 0.311. The zero-order valence-corrected chi connectivity index (χ0v) is 11.5. The van der Waals surface area contributed by atoms with Crippen molar-refractivity contribution in [3.8, 4) is 22.8 Å². The van der Waals surface area contributed by atoms with Crippen LogP contribution in [-0.4, -0.2) is 11.4 Å². The van der Waals surface area contributed by atoms with Crippen molar-refractivity contribution in [2.45, 2.75) is 6.54 Å². The van der Waals surface area contributed by atoms with Gasteiger partial charge in [-0.05, 0) is 29.3 Å². The van der Waals surface area contributed by atoms with E-state index < -0.39 is 0 Å². The van der Waals surface area contributed by atoms with Crippen molar-refractivity contribution in [3.05, 3.63) is 72.4 Å². The Hall–Kier alpha value is -2.68. The lowest BCUT2D eigenvalue weighted by Gasteiger charge is -2.10. The minimum absolute atomic E-state index is 0.311. The number of rotatable bonds is 3.